The van der Waals surface area contributed by atoms with Crippen LogP contribution in [0.15, 0.2) is 22.6 Å². The van der Waals surface area contributed by atoms with Crippen molar-refractivity contribution in [2.24, 2.45) is 0 Å². The third-order valence-electron chi connectivity index (χ3n) is 2.53. The van der Waals surface area contributed by atoms with Crippen LogP contribution < -0.4 is 10.9 Å². The van der Waals surface area contributed by atoms with Crippen LogP contribution in [0.1, 0.15) is 23.7 Å². The van der Waals surface area contributed by atoms with Gasteiger partial charge in [-0.1, -0.05) is 0 Å². The Labute approximate surface area is 107 Å². The highest BCUT2D eigenvalue weighted by atomic mass is 32.1. The van der Waals surface area contributed by atoms with E-state index in [0.717, 1.165) is 0 Å². The fourth-order valence-corrected chi connectivity index (χ4v) is 2.22. The average molecular weight is 267 g/mol. The first-order valence-electron chi connectivity index (χ1n) is 5.50. The normalized spacial score (nSPS) is 12.6. The molecule has 2 N–H and O–H groups in total. The smallest absolute Gasteiger partial charge is 0.271 e. The van der Waals surface area contributed by atoms with Crippen molar-refractivity contribution >= 4 is 22.2 Å². The highest BCUT2D eigenvalue weighted by Gasteiger charge is 2.15. The van der Waals surface area contributed by atoms with Crippen LogP contribution in [0.5, 0.6) is 0 Å². The molecule has 7 heteroatoms. The van der Waals surface area contributed by atoms with Crippen LogP contribution in [0.3, 0.4) is 0 Å². The van der Waals surface area contributed by atoms with Crippen LogP contribution in [-0.4, -0.2) is 33.0 Å². The van der Waals surface area contributed by atoms with Gasteiger partial charge in [0.1, 0.15) is 5.56 Å². The van der Waals surface area contributed by atoms with Crippen molar-refractivity contribution in [3.05, 3.63) is 33.7 Å². The summed E-state index contributed by atoms with van der Waals surface area (Å²) in [6.07, 6.45) is 3.32. The summed E-state index contributed by atoms with van der Waals surface area (Å²) in [6, 6.07) is -0.190. The predicted molar refractivity (Wildman–Crippen MR) is 68.0 cm³/mol. The van der Waals surface area contributed by atoms with Gasteiger partial charge in [0.05, 0.1) is 0 Å². The maximum atomic E-state index is 12.0. The molecule has 0 radical (unpaired) electrons. The molecule has 0 bridgehead atoms. The van der Waals surface area contributed by atoms with E-state index < -0.39 is 5.91 Å². The third kappa shape index (κ3) is 2.41. The van der Waals surface area contributed by atoms with Gasteiger partial charge >= 0.3 is 0 Å². The van der Waals surface area contributed by atoms with Crippen molar-refractivity contribution in [2.75, 3.05) is 6.61 Å². The summed E-state index contributed by atoms with van der Waals surface area (Å²) in [5.74, 6) is -0.464. The van der Waals surface area contributed by atoms with Gasteiger partial charge in [-0.2, -0.15) is 0 Å². The number of hydrogen-bond acceptors (Lipinski definition) is 5. The van der Waals surface area contributed by atoms with Crippen molar-refractivity contribution in [3.8, 4) is 0 Å². The van der Waals surface area contributed by atoms with Crippen LogP contribution in [0.4, 0.5) is 0 Å². The van der Waals surface area contributed by atoms with E-state index in [4.69, 9.17) is 5.11 Å². The van der Waals surface area contributed by atoms with Gasteiger partial charge in [-0.3, -0.25) is 14.0 Å². The Bertz CT molecular complexity index is 619. The number of carbonyl (C=O) groups excluding carboxylic acids is 1. The van der Waals surface area contributed by atoms with E-state index in [0.29, 0.717) is 11.4 Å². The van der Waals surface area contributed by atoms with E-state index in [1.807, 2.05) is 0 Å². The number of nitrogens with one attached hydrogen (secondary N) is 1. The summed E-state index contributed by atoms with van der Waals surface area (Å²) in [6.45, 7) is 1.75. The van der Waals surface area contributed by atoms with E-state index in [2.05, 4.69) is 10.3 Å². The van der Waals surface area contributed by atoms with Gasteiger partial charge in [-0.15, -0.1) is 11.3 Å². The number of aliphatic hydroxyl groups excluding tert-OH is 1. The third-order valence-corrected chi connectivity index (χ3v) is 3.30. The Balaban J connectivity index is 2.28. The number of carbonyl (C=O) groups is 1. The minimum Gasteiger partial charge on any atom is -0.396 e. The number of aromatic nitrogens is 2. The lowest BCUT2D eigenvalue weighted by molar-refractivity contribution is 0.0932. The molecule has 6 nitrogen and oxygen atoms in total. The molecule has 0 spiro atoms. The minimum atomic E-state index is -0.464. The molecule has 2 aromatic rings. The molecular formula is C11H13N3O3S. The van der Waals surface area contributed by atoms with Crippen LogP contribution in [0.25, 0.3) is 4.96 Å². The maximum absolute atomic E-state index is 12.0. The zero-order valence-electron chi connectivity index (χ0n) is 9.79. The van der Waals surface area contributed by atoms with Gasteiger partial charge in [0.2, 0.25) is 0 Å². The number of thiazole rings is 1. The molecule has 2 aromatic heterocycles. The highest BCUT2D eigenvalue weighted by molar-refractivity contribution is 7.15. The fraction of sp³-hybridized carbons (Fsp3) is 0.364. The van der Waals surface area contributed by atoms with Crippen molar-refractivity contribution in [1.29, 1.82) is 0 Å². The molecule has 0 saturated heterocycles. The van der Waals surface area contributed by atoms with Gasteiger partial charge < -0.3 is 10.4 Å². The Kier molecular flexibility index (Phi) is 3.73. The lowest BCUT2D eigenvalue weighted by Crippen LogP contribution is -2.37. The molecule has 2 heterocycles. The van der Waals surface area contributed by atoms with E-state index >= 15 is 0 Å². The Morgan fingerprint density at radius 2 is 2.44 bits per heavy atom. The zero-order valence-corrected chi connectivity index (χ0v) is 10.6. The molecule has 0 aromatic carbocycles. The summed E-state index contributed by atoms with van der Waals surface area (Å²) in [5, 5.41) is 13.1. The van der Waals surface area contributed by atoms with Crippen molar-refractivity contribution in [3.63, 3.8) is 0 Å². The van der Waals surface area contributed by atoms with E-state index in [-0.39, 0.29) is 23.8 Å². The number of hydrogen-bond donors (Lipinski definition) is 2. The average Bonchev–Trinajstić information content (AvgIpc) is 2.78. The van der Waals surface area contributed by atoms with Crippen molar-refractivity contribution in [2.45, 2.75) is 19.4 Å². The van der Waals surface area contributed by atoms with Crippen molar-refractivity contribution in [1.82, 2.24) is 14.7 Å². The molecule has 0 fully saturated rings. The van der Waals surface area contributed by atoms with E-state index in [1.165, 1.54) is 21.9 Å². The van der Waals surface area contributed by atoms with Gasteiger partial charge in [0, 0.05) is 30.4 Å². The van der Waals surface area contributed by atoms with Gasteiger partial charge in [-0.05, 0) is 13.3 Å². The predicted octanol–water partition coefficient (Wildman–Crippen LogP) is 0.257. The first kappa shape index (κ1) is 12.7. The Morgan fingerprint density at radius 3 is 3.17 bits per heavy atom. The number of rotatable bonds is 4. The molecule has 0 aliphatic carbocycles. The van der Waals surface area contributed by atoms with Gasteiger partial charge in [0.15, 0.2) is 4.96 Å². The van der Waals surface area contributed by atoms with Crippen molar-refractivity contribution < 1.29 is 9.90 Å². The highest BCUT2D eigenvalue weighted by Crippen LogP contribution is 2.05. The summed E-state index contributed by atoms with van der Waals surface area (Å²) in [5.41, 5.74) is -0.370. The Morgan fingerprint density at radius 1 is 1.67 bits per heavy atom. The lowest BCUT2D eigenvalue weighted by Gasteiger charge is -2.11. The molecule has 0 aliphatic rings. The molecule has 0 aliphatic heterocycles. The second-order valence-electron chi connectivity index (χ2n) is 3.92. The second kappa shape index (κ2) is 5.28. The fourth-order valence-electron chi connectivity index (χ4n) is 1.55. The first-order valence-corrected chi connectivity index (χ1v) is 6.38. The standard InChI is InChI=1S/C11H13N3O3S/c1-7(2-4-15)13-9(16)8-6-12-11-14(10(8)17)3-5-18-11/h3,5-7,15H,2,4H2,1H3,(H,13,16). The number of nitrogens with zero attached hydrogens (tertiary/aromatic N) is 2. The molecular weight excluding hydrogens is 254 g/mol. The van der Waals surface area contributed by atoms with Gasteiger partial charge in [0.25, 0.3) is 11.5 Å². The topological polar surface area (TPSA) is 83.7 Å². The van der Waals surface area contributed by atoms with Crippen LogP contribution in [0.2, 0.25) is 0 Å². The first-order chi connectivity index (χ1) is 8.63. The number of fused-ring (bicyclic) bond motifs is 1. The molecule has 96 valence electrons. The zero-order chi connectivity index (χ0) is 13.1. The summed E-state index contributed by atoms with van der Waals surface area (Å²) in [7, 11) is 0. The van der Waals surface area contributed by atoms with E-state index in [1.54, 1.807) is 18.5 Å². The summed E-state index contributed by atoms with van der Waals surface area (Å²) < 4.78 is 1.34. The largest absolute Gasteiger partial charge is 0.396 e. The monoisotopic (exact) mass is 267 g/mol. The maximum Gasteiger partial charge on any atom is 0.271 e. The molecule has 2 rings (SSSR count). The Hall–Kier alpha value is -1.73. The quantitative estimate of drug-likeness (QED) is 0.832. The van der Waals surface area contributed by atoms with Crippen LogP contribution in [0, 0.1) is 0 Å². The molecule has 1 atom stereocenters. The second-order valence-corrected chi connectivity index (χ2v) is 4.79. The van der Waals surface area contributed by atoms with E-state index in [9.17, 15) is 9.59 Å². The van der Waals surface area contributed by atoms with Crippen LogP contribution in [-0.2, 0) is 0 Å². The van der Waals surface area contributed by atoms with Crippen LogP contribution >= 0.6 is 11.3 Å². The molecule has 18 heavy (non-hydrogen) atoms. The number of aliphatic hydroxyl groups is 1. The number of amides is 1. The minimum absolute atomic E-state index is 0.00990. The SMILES string of the molecule is CC(CCO)NC(=O)c1cnc2sccn2c1=O. The summed E-state index contributed by atoms with van der Waals surface area (Å²) >= 11 is 1.33. The molecule has 1 amide bonds. The lowest BCUT2D eigenvalue weighted by atomic mass is 10.2. The molecule has 0 saturated carbocycles. The summed E-state index contributed by atoms with van der Waals surface area (Å²) in [4.78, 5) is 28.5. The molecule has 1 unspecified atom stereocenters. The van der Waals surface area contributed by atoms with Gasteiger partial charge in [-0.25, -0.2) is 4.98 Å².